The van der Waals surface area contributed by atoms with Gasteiger partial charge in [-0.15, -0.1) is 35.9 Å². The summed E-state index contributed by atoms with van der Waals surface area (Å²) >= 11 is 0. The Morgan fingerprint density at radius 2 is 1.00 bits per heavy atom. The van der Waals surface area contributed by atoms with Crippen LogP contribution < -0.4 is 0 Å². The minimum absolute atomic E-state index is 0.236. The molecule has 0 radical (unpaired) electrons. The van der Waals surface area contributed by atoms with Crippen LogP contribution in [0.5, 0.6) is 0 Å². The molecule has 0 spiro atoms. The van der Waals surface area contributed by atoms with E-state index in [1.54, 1.807) is 0 Å². The van der Waals surface area contributed by atoms with Gasteiger partial charge in [-0.25, -0.2) is 0 Å². The molecule has 0 aliphatic heterocycles. The van der Waals surface area contributed by atoms with E-state index in [1.165, 1.54) is 0 Å². The van der Waals surface area contributed by atoms with Gasteiger partial charge in [-0.1, -0.05) is 11.8 Å². The van der Waals surface area contributed by atoms with Crippen molar-refractivity contribution in [1.29, 1.82) is 0 Å². The van der Waals surface area contributed by atoms with Crippen LogP contribution >= 0.6 is 0 Å². The summed E-state index contributed by atoms with van der Waals surface area (Å²) in [5.41, 5.74) is 1.16. The van der Waals surface area contributed by atoms with E-state index < -0.39 is 0 Å². The molecule has 0 N–H and O–H groups in total. The standard InChI is InChI=1S/C12H4N2/c1-5-9-10(6-2)12(8-4)14-13-11(9)7-3/h1-4H. The third-order valence-corrected chi connectivity index (χ3v) is 1.54. The molecule has 0 fully saturated rings. The van der Waals surface area contributed by atoms with Crippen molar-refractivity contribution in [2.45, 2.75) is 0 Å². The fourth-order valence-electron chi connectivity index (χ4n) is 0.920. The van der Waals surface area contributed by atoms with Crippen LogP contribution in [0, 0.1) is 49.4 Å². The van der Waals surface area contributed by atoms with Crippen LogP contribution in [0.2, 0.25) is 0 Å². The first kappa shape index (κ1) is 9.41. The van der Waals surface area contributed by atoms with Crippen molar-refractivity contribution in [3.8, 4) is 49.4 Å². The quantitative estimate of drug-likeness (QED) is 0.535. The second-order valence-electron chi connectivity index (χ2n) is 2.22. The van der Waals surface area contributed by atoms with Crippen LogP contribution in [-0.2, 0) is 0 Å². The molecule has 0 saturated carbocycles. The predicted octanol–water partition coefficient (Wildman–Crippen LogP) is 0.402. The van der Waals surface area contributed by atoms with Gasteiger partial charge in [0, 0.05) is 0 Å². The Kier molecular flexibility index (Phi) is 2.57. The monoisotopic (exact) mass is 176 g/mol. The number of hydrogen-bond donors (Lipinski definition) is 0. The van der Waals surface area contributed by atoms with Crippen molar-refractivity contribution < 1.29 is 0 Å². The molecule has 1 aromatic rings. The van der Waals surface area contributed by atoms with Gasteiger partial charge in [0.2, 0.25) is 0 Å². The third kappa shape index (κ3) is 1.30. The Morgan fingerprint density at radius 1 is 0.643 bits per heavy atom. The van der Waals surface area contributed by atoms with Crippen LogP contribution in [0.1, 0.15) is 22.5 Å². The first-order valence-corrected chi connectivity index (χ1v) is 3.55. The topological polar surface area (TPSA) is 25.8 Å². The lowest BCUT2D eigenvalue weighted by molar-refractivity contribution is 0.987. The first-order valence-electron chi connectivity index (χ1n) is 3.55. The highest BCUT2D eigenvalue weighted by Gasteiger charge is 2.10. The summed E-state index contributed by atoms with van der Waals surface area (Å²) in [7, 11) is 0. The van der Waals surface area contributed by atoms with Gasteiger partial charge in [0.1, 0.15) is 0 Å². The predicted molar refractivity (Wildman–Crippen MR) is 53.8 cm³/mol. The summed E-state index contributed by atoms with van der Waals surface area (Å²) in [4.78, 5) is 0. The molecule has 2 nitrogen and oxygen atoms in total. The summed E-state index contributed by atoms with van der Waals surface area (Å²) in [6.07, 6.45) is 20.8. The molecule has 0 aromatic carbocycles. The van der Waals surface area contributed by atoms with Crippen LogP contribution in [0.3, 0.4) is 0 Å². The van der Waals surface area contributed by atoms with Crippen molar-refractivity contribution in [2.75, 3.05) is 0 Å². The van der Waals surface area contributed by atoms with Gasteiger partial charge in [-0.3, -0.25) is 0 Å². The fourth-order valence-corrected chi connectivity index (χ4v) is 0.920. The van der Waals surface area contributed by atoms with Gasteiger partial charge in [0.25, 0.3) is 0 Å². The second-order valence-corrected chi connectivity index (χ2v) is 2.22. The number of hydrogen-bond acceptors (Lipinski definition) is 2. The van der Waals surface area contributed by atoms with E-state index >= 15 is 0 Å². The summed E-state index contributed by atoms with van der Waals surface area (Å²) in [5, 5.41) is 7.36. The maximum Gasteiger partial charge on any atom is 0.152 e. The Labute approximate surface area is 82.8 Å². The molecule has 14 heavy (non-hydrogen) atoms. The SMILES string of the molecule is C#Cc1nnc(C#C)c(C#C)c1C#C. The van der Waals surface area contributed by atoms with E-state index in [0.717, 1.165) is 0 Å². The highest BCUT2D eigenvalue weighted by molar-refractivity contribution is 5.59. The molecule has 0 saturated heterocycles. The normalized spacial score (nSPS) is 7.71. The summed E-state index contributed by atoms with van der Waals surface area (Å²) in [5.74, 6) is 9.30. The lowest BCUT2D eigenvalue weighted by Gasteiger charge is -2.00. The average Bonchev–Trinajstić information content (AvgIpc) is 2.26. The molecule has 0 aliphatic rings. The maximum absolute atomic E-state index is 5.25. The van der Waals surface area contributed by atoms with Gasteiger partial charge in [0.15, 0.2) is 11.4 Å². The summed E-state index contributed by atoms with van der Waals surface area (Å²) in [6.45, 7) is 0. The van der Waals surface area contributed by atoms with Crippen molar-refractivity contribution in [3.63, 3.8) is 0 Å². The smallest absolute Gasteiger partial charge is 0.139 e. The summed E-state index contributed by atoms with van der Waals surface area (Å²) in [6, 6.07) is 0. The molecule has 2 heteroatoms. The van der Waals surface area contributed by atoms with E-state index in [9.17, 15) is 0 Å². The van der Waals surface area contributed by atoms with E-state index in [0.29, 0.717) is 11.1 Å². The van der Waals surface area contributed by atoms with Crippen LogP contribution in [-0.4, -0.2) is 10.2 Å². The molecule has 0 aliphatic carbocycles. The van der Waals surface area contributed by atoms with E-state index in [-0.39, 0.29) is 11.4 Å². The third-order valence-electron chi connectivity index (χ3n) is 1.54. The largest absolute Gasteiger partial charge is 0.152 e. The van der Waals surface area contributed by atoms with Crippen LogP contribution in [0.4, 0.5) is 0 Å². The zero-order valence-corrected chi connectivity index (χ0v) is 7.20. The van der Waals surface area contributed by atoms with Gasteiger partial charge in [-0.2, -0.15) is 0 Å². The number of rotatable bonds is 0. The lowest BCUT2D eigenvalue weighted by atomic mass is 10.1. The van der Waals surface area contributed by atoms with Crippen molar-refractivity contribution in [2.24, 2.45) is 0 Å². The fraction of sp³-hybridized carbons (Fsp3) is 0. The molecule has 0 unspecified atom stereocenters. The van der Waals surface area contributed by atoms with Crippen molar-refractivity contribution in [3.05, 3.63) is 22.5 Å². The lowest BCUT2D eigenvalue weighted by Crippen LogP contribution is -2.01. The maximum atomic E-state index is 5.25. The Balaban J connectivity index is 3.70. The molecular formula is C12H4N2. The highest BCUT2D eigenvalue weighted by Crippen LogP contribution is 2.11. The van der Waals surface area contributed by atoms with Gasteiger partial charge in [0.05, 0.1) is 11.1 Å². The zero-order valence-electron chi connectivity index (χ0n) is 7.20. The van der Waals surface area contributed by atoms with Crippen molar-refractivity contribution >= 4 is 0 Å². The summed E-state index contributed by atoms with van der Waals surface area (Å²) < 4.78 is 0. The Bertz CT molecular complexity index is 489. The number of aromatic nitrogens is 2. The minimum Gasteiger partial charge on any atom is -0.139 e. The average molecular weight is 176 g/mol. The molecule has 1 aromatic heterocycles. The first-order chi connectivity index (χ1) is 6.78. The van der Waals surface area contributed by atoms with E-state index in [1.807, 2.05) is 0 Å². The van der Waals surface area contributed by atoms with Crippen LogP contribution in [0.25, 0.3) is 0 Å². The van der Waals surface area contributed by atoms with E-state index in [4.69, 9.17) is 25.7 Å². The second kappa shape index (κ2) is 3.82. The van der Waals surface area contributed by atoms with Crippen LogP contribution in [0.15, 0.2) is 0 Å². The van der Waals surface area contributed by atoms with E-state index in [2.05, 4.69) is 33.9 Å². The number of terminal acetylenes is 4. The van der Waals surface area contributed by atoms with Gasteiger partial charge >= 0.3 is 0 Å². The molecular weight excluding hydrogens is 172 g/mol. The highest BCUT2D eigenvalue weighted by atomic mass is 15.1. The molecule has 1 rings (SSSR count). The molecule has 0 atom stereocenters. The van der Waals surface area contributed by atoms with Crippen molar-refractivity contribution in [1.82, 2.24) is 10.2 Å². The zero-order chi connectivity index (χ0) is 10.6. The van der Waals surface area contributed by atoms with Gasteiger partial charge < -0.3 is 0 Å². The molecule has 0 amide bonds. The Hall–Kier alpha value is -2.68. The molecule has 62 valence electrons. The minimum atomic E-state index is 0.236. The van der Waals surface area contributed by atoms with Gasteiger partial charge in [-0.05, 0) is 11.8 Å². The Morgan fingerprint density at radius 3 is 1.21 bits per heavy atom. The molecule has 0 bridgehead atoms. The molecule has 1 heterocycles. The number of nitrogens with zero attached hydrogens (tertiary/aromatic N) is 2.